The van der Waals surface area contributed by atoms with Crippen LogP contribution in [0.15, 0.2) is 23.6 Å². The first-order valence-electron chi connectivity index (χ1n) is 6.37. The first kappa shape index (κ1) is 11.8. The fraction of sp³-hybridized carbons (Fsp3) is 0.714. The van der Waals surface area contributed by atoms with Gasteiger partial charge in [-0.15, -0.1) is 0 Å². The second-order valence-corrected chi connectivity index (χ2v) is 5.27. The van der Waals surface area contributed by atoms with Crippen LogP contribution in [0, 0.1) is 11.8 Å². The van der Waals surface area contributed by atoms with Crippen molar-refractivity contribution in [2.75, 3.05) is 0 Å². The lowest BCUT2D eigenvalue weighted by Crippen LogP contribution is -2.14. The van der Waals surface area contributed by atoms with Crippen LogP contribution < -0.4 is 0 Å². The molecule has 1 saturated carbocycles. The molecule has 0 saturated heterocycles. The van der Waals surface area contributed by atoms with Crippen LogP contribution in [0.5, 0.6) is 0 Å². The number of rotatable bonds is 1. The van der Waals surface area contributed by atoms with Crippen LogP contribution >= 0.6 is 0 Å². The maximum atomic E-state index is 13.4. The van der Waals surface area contributed by atoms with Crippen LogP contribution in [0.25, 0.3) is 0 Å². The van der Waals surface area contributed by atoms with Gasteiger partial charge in [-0.1, -0.05) is 19.8 Å². The van der Waals surface area contributed by atoms with Crippen molar-refractivity contribution < 1.29 is 8.78 Å². The van der Waals surface area contributed by atoms with Crippen molar-refractivity contribution in [2.45, 2.75) is 51.6 Å². The average molecular weight is 226 g/mol. The molecular weight excluding hydrogens is 206 g/mol. The van der Waals surface area contributed by atoms with Crippen molar-refractivity contribution in [3.05, 3.63) is 23.6 Å². The highest BCUT2D eigenvalue weighted by atomic mass is 19.1. The summed E-state index contributed by atoms with van der Waals surface area (Å²) in [5, 5.41) is 0. The van der Waals surface area contributed by atoms with E-state index in [0.717, 1.165) is 24.3 Å². The zero-order valence-corrected chi connectivity index (χ0v) is 9.89. The summed E-state index contributed by atoms with van der Waals surface area (Å²) in [6, 6.07) is 0. The summed E-state index contributed by atoms with van der Waals surface area (Å²) >= 11 is 0. The number of halogens is 2. The van der Waals surface area contributed by atoms with Gasteiger partial charge >= 0.3 is 0 Å². The quantitative estimate of drug-likeness (QED) is 0.606. The summed E-state index contributed by atoms with van der Waals surface area (Å²) in [6.45, 7) is 2.26. The number of hydrogen-bond donors (Lipinski definition) is 0. The predicted molar refractivity (Wildman–Crippen MR) is 62.5 cm³/mol. The predicted octanol–water partition coefficient (Wildman–Crippen LogP) is 4.72. The second-order valence-electron chi connectivity index (χ2n) is 5.27. The zero-order chi connectivity index (χ0) is 11.5. The van der Waals surface area contributed by atoms with Gasteiger partial charge in [0, 0.05) is 6.42 Å². The van der Waals surface area contributed by atoms with Crippen molar-refractivity contribution in [1.29, 1.82) is 0 Å². The molecular formula is C14H20F2. The van der Waals surface area contributed by atoms with Gasteiger partial charge in [-0.05, 0) is 48.8 Å². The third-order valence-electron chi connectivity index (χ3n) is 3.84. The number of hydrogen-bond acceptors (Lipinski definition) is 0. The molecule has 0 aliphatic heterocycles. The Morgan fingerprint density at radius 3 is 2.50 bits per heavy atom. The molecule has 2 rings (SSSR count). The van der Waals surface area contributed by atoms with E-state index in [-0.39, 0.29) is 12.2 Å². The highest BCUT2D eigenvalue weighted by molar-refractivity contribution is 5.27. The van der Waals surface area contributed by atoms with Crippen LogP contribution in [0.4, 0.5) is 8.78 Å². The minimum absolute atomic E-state index is 0.148. The second kappa shape index (κ2) is 5.11. The Morgan fingerprint density at radius 2 is 1.81 bits per heavy atom. The van der Waals surface area contributed by atoms with Crippen molar-refractivity contribution in [1.82, 2.24) is 0 Å². The molecule has 16 heavy (non-hydrogen) atoms. The Morgan fingerprint density at radius 1 is 1.12 bits per heavy atom. The molecule has 2 aliphatic carbocycles. The number of alkyl halides is 1. The minimum atomic E-state index is -0.959. The third kappa shape index (κ3) is 2.93. The van der Waals surface area contributed by atoms with Crippen molar-refractivity contribution >= 4 is 0 Å². The van der Waals surface area contributed by atoms with E-state index in [0.29, 0.717) is 12.3 Å². The average Bonchev–Trinajstić information content (AvgIpc) is 2.42. The smallest absolute Gasteiger partial charge is 0.119 e. The molecule has 0 spiro atoms. The van der Waals surface area contributed by atoms with Gasteiger partial charge < -0.3 is 0 Å². The van der Waals surface area contributed by atoms with Gasteiger partial charge in [0.2, 0.25) is 0 Å². The lowest BCUT2D eigenvalue weighted by Gasteiger charge is -2.27. The SMILES string of the molecule is CC1CCC(C2=CC(F)CCC(F)=C2)CC1. The van der Waals surface area contributed by atoms with Crippen LogP contribution in [0.1, 0.15) is 45.4 Å². The minimum Gasteiger partial charge on any atom is -0.243 e. The van der Waals surface area contributed by atoms with E-state index in [4.69, 9.17) is 0 Å². The molecule has 0 radical (unpaired) electrons. The molecule has 0 aromatic heterocycles. The van der Waals surface area contributed by atoms with Gasteiger partial charge in [-0.3, -0.25) is 0 Å². The summed E-state index contributed by atoms with van der Waals surface area (Å²) < 4.78 is 26.8. The lowest BCUT2D eigenvalue weighted by molar-refractivity contribution is 0.319. The van der Waals surface area contributed by atoms with E-state index < -0.39 is 6.17 Å². The molecule has 0 aromatic carbocycles. The Hall–Kier alpha value is -0.660. The topological polar surface area (TPSA) is 0 Å². The van der Waals surface area contributed by atoms with E-state index in [9.17, 15) is 8.78 Å². The summed E-state index contributed by atoms with van der Waals surface area (Å²) in [5.74, 6) is 1.01. The van der Waals surface area contributed by atoms with Crippen LogP contribution in [-0.2, 0) is 0 Å². The Labute approximate surface area is 96.4 Å². The molecule has 2 heteroatoms. The maximum absolute atomic E-state index is 13.4. The van der Waals surface area contributed by atoms with Crippen LogP contribution in [0.3, 0.4) is 0 Å². The van der Waals surface area contributed by atoms with E-state index in [1.165, 1.54) is 12.8 Å². The summed E-state index contributed by atoms with van der Waals surface area (Å²) in [7, 11) is 0. The van der Waals surface area contributed by atoms with E-state index in [2.05, 4.69) is 6.92 Å². The molecule has 0 amide bonds. The third-order valence-corrected chi connectivity index (χ3v) is 3.84. The van der Waals surface area contributed by atoms with E-state index in [1.54, 1.807) is 12.2 Å². The molecule has 2 aliphatic rings. The molecule has 0 N–H and O–H groups in total. The largest absolute Gasteiger partial charge is 0.243 e. The molecule has 90 valence electrons. The molecule has 1 fully saturated rings. The Balaban J connectivity index is 2.08. The molecule has 1 atom stereocenters. The Kier molecular flexibility index (Phi) is 3.78. The van der Waals surface area contributed by atoms with Gasteiger partial charge in [0.15, 0.2) is 0 Å². The standard InChI is InChI=1S/C14H20F2/c1-10-2-4-11(5-3-10)12-8-13(15)6-7-14(16)9-12/h8-11,13H,2-7H2,1H3. The summed E-state index contributed by atoms with van der Waals surface area (Å²) in [5.41, 5.74) is 0.911. The monoisotopic (exact) mass is 226 g/mol. The van der Waals surface area contributed by atoms with Crippen molar-refractivity contribution in [2.24, 2.45) is 11.8 Å². The molecule has 0 aromatic rings. The molecule has 1 unspecified atom stereocenters. The van der Waals surface area contributed by atoms with Crippen LogP contribution in [0.2, 0.25) is 0 Å². The summed E-state index contributed by atoms with van der Waals surface area (Å²) in [4.78, 5) is 0. The molecule has 0 nitrogen and oxygen atoms in total. The fourth-order valence-electron chi connectivity index (χ4n) is 2.72. The first-order valence-corrected chi connectivity index (χ1v) is 6.37. The van der Waals surface area contributed by atoms with Gasteiger partial charge in [0.05, 0.1) is 0 Å². The van der Waals surface area contributed by atoms with E-state index in [1.807, 2.05) is 0 Å². The first-order chi connectivity index (χ1) is 7.65. The van der Waals surface area contributed by atoms with Gasteiger partial charge in [-0.25, -0.2) is 8.78 Å². The maximum Gasteiger partial charge on any atom is 0.119 e. The number of allylic oxidation sites excluding steroid dienone is 4. The van der Waals surface area contributed by atoms with Gasteiger partial charge in [0.25, 0.3) is 0 Å². The highest BCUT2D eigenvalue weighted by Crippen LogP contribution is 2.36. The molecule has 0 heterocycles. The zero-order valence-electron chi connectivity index (χ0n) is 9.89. The van der Waals surface area contributed by atoms with Gasteiger partial charge in [0.1, 0.15) is 12.0 Å². The Bertz CT molecular complexity index is 296. The highest BCUT2D eigenvalue weighted by Gasteiger charge is 2.23. The lowest BCUT2D eigenvalue weighted by atomic mass is 9.79. The van der Waals surface area contributed by atoms with Crippen LogP contribution in [-0.4, -0.2) is 6.17 Å². The van der Waals surface area contributed by atoms with E-state index >= 15 is 0 Å². The summed E-state index contributed by atoms with van der Waals surface area (Å²) in [6.07, 6.45) is 7.38. The fourth-order valence-corrected chi connectivity index (χ4v) is 2.72. The van der Waals surface area contributed by atoms with Gasteiger partial charge in [-0.2, -0.15) is 0 Å². The van der Waals surface area contributed by atoms with Crippen molar-refractivity contribution in [3.8, 4) is 0 Å². The van der Waals surface area contributed by atoms with Crippen molar-refractivity contribution in [3.63, 3.8) is 0 Å². The normalized spacial score (nSPS) is 36.3. The molecule has 0 bridgehead atoms.